The number of methoxy groups -OCH3 is 2. The number of hydrogen-bond acceptors (Lipinski definition) is 5. The maximum atomic E-state index is 12.5. The Labute approximate surface area is 163 Å². The molecule has 3 rings (SSSR count). The van der Waals surface area contributed by atoms with Crippen LogP contribution in [0.25, 0.3) is 0 Å². The van der Waals surface area contributed by atoms with Gasteiger partial charge in [0.15, 0.2) is 11.5 Å². The van der Waals surface area contributed by atoms with E-state index in [-0.39, 0.29) is 25.6 Å². The number of aliphatic carboxylic acids is 1. The lowest BCUT2D eigenvalue weighted by Gasteiger charge is -2.17. The summed E-state index contributed by atoms with van der Waals surface area (Å²) < 4.78 is 15.9. The molecule has 0 radical (unpaired) electrons. The second-order valence-corrected chi connectivity index (χ2v) is 6.61. The molecule has 2 aromatic carbocycles. The molecule has 1 fully saturated rings. The minimum Gasteiger partial charge on any atom is -0.493 e. The number of carbonyl (C=O) groups is 2. The Hall–Kier alpha value is -3.22. The molecule has 0 spiro atoms. The molecule has 0 bridgehead atoms. The van der Waals surface area contributed by atoms with Crippen LogP contribution in [0.1, 0.15) is 17.0 Å². The van der Waals surface area contributed by atoms with Gasteiger partial charge in [-0.1, -0.05) is 36.4 Å². The largest absolute Gasteiger partial charge is 0.493 e. The Morgan fingerprint density at radius 2 is 1.75 bits per heavy atom. The lowest BCUT2D eigenvalue weighted by Crippen LogP contribution is -2.30. The smallest absolute Gasteiger partial charge is 0.410 e. The number of nitrogens with zero attached hydrogens (tertiary/aromatic N) is 1. The summed E-state index contributed by atoms with van der Waals surface area (Å²) in [5, 5.41) is 9.64. The van der Waals surface area contributed by atoms with Gasteiger partial charge in [0.05, 0.1) is 20.1 Å². The molecule has 148 valence electrons. The van der Waals surface area contributed by atoms with Crippen LogP contribution in [0.3, 0.4) is 0 Å². The minimum atomic E-state index is -0.946. The number of ether oxygens (including phenoxy) is 3. The highest BCUT2D eigenvalue weighted by Gasteiger charge is 2.41. The van der Waals surface area contributed by atoms with Crippen molar-refractivity contribution in [2.75, 3.05) is 27.3 Å². The van der Waals surface area contributed by atoms with Gasteiger partial charge >= 0.3 is 12.1 Å². The number of likely N-dealkylation sites (tertiary alicyclic amines) is 1. The average molecular weight is 385 g/mol. The first-order valence-electron chi connectivity index (χ1n) is 8.93. The van der Waals surface area contributed by atoms with E-state index in [2.05, 4.69) is 0 Å². The normalized spacial score (nSPS) is 18.6. The predicted molar refractivity (Wildman–Crippen MR) is 102 cm³/mol. The van der Waals surface area contributed by atoms with Crippen molar-refractivity contribution >= 4 is 12.1 Å². The van der Waals surface area contributed by atoms with Crippen LogP contribution in [-0.2, 0) is 16.1 Å². The van der Waals surface area contributed by atoms with Crippen LogP contribution in [0.15, 0.2) is 48.5 Å². The van der Waals surface area contributed by atoms with Crippen LogP contribution in [0.5, 0.6) is 11.5 Å². The molecule has 2 aromatic rings. The van der Waals surface area contributed by atoms with Crippen LogP contribution in [0, 0.1) is 5.92 Å². The zero-order chi connectivity index (χ0) is 20.1. The SMILES string of the molecule is COc1ccc(C2CN(C(=O)OCc3ccccc3)CC2C(=O)O)cc1OC. The molecule has 7 nitrogen and oxygen atoms in total. The third-order valence-corrected chi connectivity index (χ3v) is 4.94. The third-order valence-electron chi connectivity index (χ3n) is 4.94. The first-order valence-corrected chi connectivity index (χ1v) is 8.93. The van der Waals surface area contributed by atoms with Gasteiger partial charge in [0, 0.05) is 19.0 Å². The Bertz CT molecular complexity index is 838. The Morgan fingerprint density at radius 3 is 2.39 bits per heavy atom. The number of rotatable bonds is 6. The quantitative estimate of drug-likeness (QED) is 0.822. The summed E-state index contributed by atoms with van der Waals surface area (Å²) in [6.45, 7) is 0.511. The minimum absolute atomic E-state index is 0.0992. The number of carboxylic acids is 1. The molecule has 0 saturated carbocycles. The molecule has 1 N–H and O–H groups in total. The molecule has 0 aromatic heterocycles. The van der Waals surface area contributed by atoms with Gasteiger partial charge in [-0.25, -0.2) is 4.79 Å². The summed E-state index contributed by atoms with van der Waals surface area (Å²) >= 11 is 0. The van der Waals surface area contributed by atoms with E-state index < -0.39 is 18.0 Å². The maximum absolute atomic E-state index is 12.5. The van der Waals surface area contributed by atoms with Crippen LogP contribution in [0.4, 0.5) is 4.79 Å². The van der Waals surface area contributed by atoms with Gasteiger partial charge in [-0.3, -0.25) is 4.79 Å². The Balaban J connectivity index is 1.73. The lowest BCUT2D eigenvalue weighted by molar-refractivity contribution is -0.141. The van der Waals surface area contributed by atoms with E-state index in [9.17, 15) is 14.7 Å². The molecule has 1 heterocycles. The summed E-state index contributed by atoms with van der Waals surface area (Å²) in [7, 11) is 3.07. The van der Waals surface area contributed by atoms with Crippen molar-refractivity contribution in [1.82, 2.24) is 4.90 Å². The van der Waals surface area contributed by atoms with Crippen LogP contribution >= 0.6 is 0 Å². The number of benzene rings is 2. The number of hydrogen-bond donors (Lipinski definition) is 1. The van der Waals surface area contributed by atoms with E-state index in [4.69, 9.17) is 14.2 Å². The van der Waals surface area contributed by atoms with Gasteiger partial charge in [-0.2, -0.15) is 0 Å². The number of amides is 1. The summed E-state index contributed by atoms with van der Waals surface area (Å²) in [4.78, 5) is 25.7. The molecule has 28 heavy (non-hydrogen) atoms. The fourth-order valence-corrected chi connectivity index (χ4v) is 3.43. The lowest BCUT2D eigenvalue weighted by atomic mass is 9.89. The van der Waals surface area contributed by atoms with Gasteiger partial charge in [-0.15, -0.1) is 0 Å². The maximum Gasteiger partial charge on any atom is 0.410 e. The zero-order valence-corrected chi connectivity index (χ0v) is 15.8. The third kappa shape index (κ3) is 4.19. The van der Waals surface area contributed by atoms with Crippen molar-refractivity contribution in [3.8, 4) is 11.5 Å². The molecule has 1 aliphatic heterocycles. The van der Waals surface area contributed by atoms with Crippen molar-refractivity contribution in [1.29, 1.82) is 0 Å². The highest BCUT2D eigenvalue weighted by Crippen LogP contribution is 2.37. The molecular weight excluding hydrogens is 362 g/mol. The van der Waals surface area contributed by atoms with E-state index in [1.165, 1.54) is 19.1 Å². The van der Waals surface area contributed by atoms with E-state index in [0.29, 0.717) is 11.5 Å². The van der Waals surface area contributed by atoms with E-state index >= 15 is 0 Å². The molecule has 2 unspecified atom stereocenters. The Morgan fingerprint density at radius 1 is 1.04 bits per heavy atom. The molecule has 1 saturated heterocycles. The molecule has 7 heteroatoms. The van der Waals surface area contributed by atoms with Crippen LogP contribution in [-0.4, -0.2) is 49.4 Å². The van der Waals surface area contributed by atoms with Gasteiger partial charge in [0.2, 0.25) is 0 Å². The standard InChI is InChI=1S/C21H23NO6/c1-26-18-9-8-15(10-19(18)27-2)16-11-22(12-17(16)20(23)24)21(25)28-13-14-6-4-3-5-7-14/h3-10,16-17H,11-13H2,1-2H3,(H,23,24). The second kappa shape index (κ2) is 8.65. The summed E-state index contributed by atoms with van der Waals surface area (Å²) in [6, 6.07) is 14.7. The molecule has 1 amide bonds. The molecule has 1 aliphatic rings. The molecule has 0 aliphatic carbocycles. The monoisotopic (exact) mass is 385 g/mol. The van der Waals surface area contributed by atoms with Crippen molar-refractivity contribution in [3.05, 3.63) is 59.7 Å². The fraction of sp³-hybridized carbons (Fsp3) is 0.333. The van der Waals surface area contributed by atoms with E-state index in [0.717, 1.165) is 11.1 Å². The van der Waals surface area contributed by atoms with Crippen molar-refractivity contribution in [3.63, 3.8) is 0 Å². The first-order chi connectivity index (χ1) is 13.5. The topological polar surface area (TPSA) is 85.3 Å². The van der Waals surface area contributed by atoms with Crippen molar-refractivity contribution in [2.45, 2.75) is 12.5 Å². The number of carbonyl (C=O) groups excluding carboxylic acids is 1. The predicted octanol–water partition coefficient (Wildman–Crippen LogP) is 3.14. The van der Waals surface area contributed by atoms with Crippen molar-refractivity contribution < 1.29 is 28.9 Å². The second-order valence-electron chi connectivity index (χ2n) is 6.61. The number of carboxylic acid groups (broad SMARTS) is 1. The average Bonchev–Trinajstić information content (AvgIpc) is 3.18. The Kier molecular flexibility index (Phi) is 6.03. The molecular formula is C21H23NO6. The first kappa shape index (κ1) is 19.5. The molecule has 2 atom stereocenters. The van der Waals surface area contributed by atoms with E-state index in [1.807, 2.05) is 30.3 Å². The van der Waals surface area contributed by atoms with Gasteiger partial charge in [0.1, 0.15) is 6.61 Å². The van der Waals surface area contributed by atoms with Crippen LogP contribution < -0.4 is 9.47 Å². The zero-order valence-electron chi connectivity index (χ0n) is 15.8. The summed E-state index contributed by atoms with van der Waals surface area (Å²) in [5.41, 5.74) is 1.66. The summed E-state index contributed by atoms with van der Waals surface area (Å²) in [6.07, 6.45) is -0.516. The fourth-order valence-electron chi connectivity index (χ4n) is 3.43. The van der Waals surface area contributed by atoms with Crippen LogP contribution in [0.2, 0.25) is 0 Å². The highest BCUT2D eigenvalue weighted by atomic mass is 16.6. The summed E-state index contributed by atoms with van der Waals surface area (Å²) in [5.74, 6) is -0.938. The van der Waals surface area contributed by atoms with Crippen molar-refractivity contribution in [2.24, 2.45) is 5.92 Å². The van der Waals surface area contributed by atoms with E-state index in [1.54, 1.807) is 18.2 Å². The van der Waals surface area contributed by atoms with Gasteiger partial charge in [0.25, 0.3) is 0 Å². The van der Waals surface area contributed by atoms with Gasteiger partial charge in [-0.05, 0) is 23.3 Å². The van der Waals surface area contributed by atoms with Gasteiger partial charge < -0.3 is 24.2 Å². The highest BCUT2D eigenvalue weighted by molar-refractivity contribution is 5.76.